The number of nitrogen functional groups attached to an aromatic ring is 1. The van der Waals surface area contributed by atoms with Crippen LogP contribution in [0.4, 0.5) is 11.8 Å². The Balaban J connectivity index is 1.38. The van der Waals surface area contributed by atoms with Gasteiger partial charge in [0.2, 0.25) is 5.95 Å². The molecular weight excluding hydrogens is 414 g/mol. The first kappa shape index (κ1) is 20.6. The molecule has 0 spiro atoms. The van der Waals surface area contributed by atoms with Gasteiger partial charge in [0, 0.05) is 18.7 Å². The number of piperidine rings is 1. The van der Waals surface area contributed by atoms with Crippen LogP contribution in [0.25, 0.3) is 22.6 Å². The summed E-state index contributed by atoms with van der Waals surface area (Å²) in [4.78, 5) is 15.8. The van der Waals surface area contributed by atoms with Gasteiger partial charge in [-0.1, -0.05) is 23.4 Å². The third kappa shape index (κ3) is 4.65. The van der Waals surface area contributed by atoms with E-state index >= 15 is 0 Å². The minimum absolute atomic E-state index is 0.135. The molecular formula is C24H23N9. The number of nitrogens with zero attached hydrogens (tertiary/aromatic N) is 8. The molecule has 164 valence electrons. The number of pyridine rings is 1. The zero-order chi connectivity index (χ0) is 22.6. The zero-order valence-electron chi connectivity index (χ0n) is 18.1. The van der Waals surface area contributed by atoms with Gasteiger partial charge in [-0.25, -0.2) is 19.6 Å². The Hall–Kier alpha value is -4.32. The van der Waals surface area contributed by atoms with Gasteiger partial charge < -0.3 is 10.6 Å². The van der Waals surface area contributed by atoms with Crippen molar-refractivity contribution in [2.24, 2.45) is 0 Å². The highest BCUT2D eigenvalue weighted by molar-refractivity contribution is 5.68. The predicted molar refractivity (Wildman–Crippen MR) is 125 cm³/mol. The first-order valence-electron chi connectivity index (χ1n) is 10.9. The molecule has 1 fully saturated rings. The van der Waals surface area contributed by atoms with Gasteiger partial charge in [-0.05, 0) is 49.6 Å². The summed E-state index contributed by atoms with van der Waals surface area (Å²) in [6.07, 6.45) is 5.54. The molecule has 2 N–H and O–H groups in total. The molecule has 1 aliphatic rings. The Morgan fingerprint density at radius 3 is 2.58 bits per heavy atom. The molecule has 0 aliphatic carbocycles. The second-order valence-corrected chi connectivity index (χ2v) is 8.03. The van der Waals surface area contributed by atoms with E-state index in [1.807, 2.05) is 30.5 Å². The van der Waals surface area contributed by atoms with E-state index < -0.39 is 0 Å². The monoisotopic (exact) mass is 437 g/mol. The van der Waals surface area contributed by atoms with Crippen LogP contribution in [-0.2, 0) is 6.54 Å². The maximum absolute atomic E-state index is 9.17. The third-order valence-corrected chi connectivity index (χ3v) is 5.63. The smallest absolute Gasteiger partial charge is 0.221 e. The molecule has 4 heterocycles. The summed E-state index contributed by atoms with van der Waals surface area (Å²) in [6.45, 7) is 2.61. The van der Waals surface area contributed by atoms with Crippen LogP contribution in [-0.4, -0.2) is 43.0 Å². The fourth-order valence-electron chi connectivity index (χ4n) is 4.01. The van der Waals surface area contributed by atoms with E-state index in [1.54, 1.807) is 22.9 Å². The molecule has 0 unspecified atom stereocenters. The van der Waals surface area contributed by atoms with Crippen molar-refractivity contribution in [2.45, 2.75) is 25.8 Å². The van der Waals surface area contributed by atoms with E-state index in [2.05, 4.69) is 37.3 Å². The minimum atomic E-state index is 0.135. The lowest BCUT2D eigenvalue weighted by molar-refractivity contribution is 0.571. The van der Waals surface area contributed by atoms with Crippen molar-refractivity contribution in [3.05, 3.63) is 66.0 Å². The third-order valence-electron chi connectivity index (χ3n) is 5.63. The van der Waals surface area contributed by atoms with E-state index in [9.17, 15) is 5.26 Å². The Labute approximate surface area is 191 Å². The number of nitriles is 1. The Kier molecular flexibility index (Phi) is 5.64. The normalized spacial score (nSPS) is 13.6. The Morgan fingerprint density at radius 2 is 1.73 bits per heavy atom. The lowest BCUT2D eigenvalue weighted by Crippen LogP contribution is -2.30. The van der Waals surface area contributed by atoms with Crippen LogP contribution in [0.2, 0.25) is 0 Å². The number of aromatic nitrogens is 6. The summed E-state index contributed by atoms with van der Waals surface area (Å²) in [7, 11) is 0. The molecule has 0 radical (unpaired) electrons. The summed E-state index contributed by atoms with van der Waals surface area (Å²) >= 11 is 0. The van der Waals surface area contributed by atoms with Crippen molar-refractivity contribution in [3.63, 3.8) is 0 Å². The van der Waals surface area contributed by atoms with E-state index in [0.717, 1.165) is 30.2 Å². The van der Waals surface area contributed by atoms with Gasteiger partial charge in [0.05, 0.1) is 41.5 Å². The summed E-state index contributed by atoms with van der Waals surface area (Å²) in [5, 5.41) is 17.7. The van der Waals surface area contributed by atoms with Crippen molar-refractivity contribution in [2.75, 3.05) is 23.7 Å². The first-order valence-corrected chi connectivity index (χ1v) is 10.9. The molecule has 0 atom stereocenters. The highest BCUT2D eigenvalue weighted by Crippen LogP contribution is 2.24. The van der Waals surface area contributed by atoms with E-state index in [0.29, 0.717) is 29.2 Å². The fourth-order valence-corrected chi connectivity index (χ4v) is 4.01. The molecule has 33 heavy (non-hydrogen) atoms. The van der Waals surface area contributed by atoms with E-state index in [1.165, 1.54) is 19.3 Å². The van der Waals surface area contributed by atoms with Gasteiger partial charge in [0.15, 0.2) is 0 Å². The van der Waals surface area contributed by atoms with Crippen molar-refractivity contribution in [1.82, 2.24) is 29.9 Å². The van der Waals surface area contributed by atoms with Crippen LogP contribution >= 0.6 is 0 Å². The molecule has 1 aromatic carbocycles. The SMILES string of the molecule is N#Cc1cccc(-c2cc(-c3cn(Cc4cccc(N5CCCCC5)n4)nn3)nc(N)n2)c1. The molecule has 9 nitrogen and oxygen atoms in total. The number of hydrogen-bond donors (Lipinski definition) is 1. The van der Waals surface area contributed by atoms with Gasteiger partial charge in [-0.3, -0.25) is 0 Å². The lowest BCUT2D eigenvalue weighted by Gasteiger charge is -2.27. The van der Waals surface area contributed by atoms with Crippen LogP contribution in [0.5, 0.6) is 0 Å². The molecule has 0 bridgehead atoms. The van der Waals surface area contributed by atoms with Crippen molar-refractivity contribution in [1.29, 1.82) is 5.26 Å². The van der Waals surface area contributed by atoms with Gasteiger partial charge in [-0.15, -0.1) is 5.10 Å². The number of nitrogens with two attached hydrogens (primary N) is 1. The van der Waals surface area contributed by atoms with Crippen LogP contribution in [0, 0.1) is 11.3 Å². The number of rotatable bonds is 5. The first-order chi connectivity index (χ1) is 16.2. The van der Waals surface area contributed by atoms with Crippen molar-refractivity contribution < 1.29 is 0 Å². The maximum Gasteiger partial charge on any atom is 0.221 e. The molecule has 1 saturated heterocycles. The maximum atomic E-state index is 9.17. The highest BCUT2D eigenvalue weighted by atomic mass is 15.4. The predicted octanol–water partition coefficient (Wildman–Crippen LogP) is 3.29. The largest absolute Gasteiger partial charge is 0.368 e. The Morgan fingerprint density at radius 1 is 0.909 bits per heavy atom. The molecule has 4 aromatic rings. The highest BCUT2D eigenvalue weighted by Gasteiger charge is 2.14. The van der Waals surface area contributed by atoms with Crippen LogP contribution < -0.4 is 10.6 Å². The quantitative estimate of drug-likeness (QED) is 0.505. The van der Waals surface area contributed by atoms with Crippen molar-refractivity contribution in [3.8, 4) is 28.7 Å². The standard InChI is InChI=1S/C24H23N9/c25-14-17-6-4-7-18(12-17)20-13-21(29-24(26)28-20)22-16-33(31-30-22)15-19-8-5-9-23(27-19)32-10-2-1-3-11-32/h4-9,12-13,16H,1-3,10-11,15H2,(H2,26,28,29). The van der Waals surface area contributed by atoms with E-state index in [-0.39, 0.29) is 5.95 Å². The average Bonchev–Trinajstić information content (AvgIpc) is 3.33. The number of hydrogen-bond acceptors (Lipinski definition) is 8. The summed E-state index contributed by atoms with van der Waals surface area (Å²) < 4.78 is 1.74. The number of benzene rings is 1. The molecule has 5 rings (SSSR count). The molecule has 3 aromatic heterocycles. The minimum Gasteiger partial charge on any atom is -0.368 e. The second-order valence-electron chi connectivity index (χ2n) is 8.03. The fraction of sp³-hybridized carbons (Fsp3) is 0.250. The lowest BCUT2D eigenvalue weighted by atomic mass is 10.1. The topological polar surface area (TPSA) is 122 Å². The average molecular weight is 438 g/mol. The van der Waals surface area contributed by atoms with Gasteiger partial charge >= 0.3 is 0 Å². The summed E-state index contributed by atoms with van der Waals surface area (Å²) in [5.41, 5.74) is 10.0. The Bertz CT molecular complexity index is 1320. The van der Waals surface area contributed by atoms with Gasteiger partial charge in [-0.2, -0.15) is 5.26 Å². The zero-order valence-corrected chi connectivity index (χ0v) is 18.1. The molecule has 9 heteroatoms. The van der Waals surface area contributed by atoms with Crippen LogP contribution in [0.1, 0.15) is 30.5 Å². The number of anilines is 2. The summed E-state index contributed by atoms with van der Waals surface area (Å²) in [5.74, 6) is 1.15. The van der Waals surface area contributed by atoms with Crippen LogP contribution in [0.3, 0.4) is 0 Å². The van der Waals surface area contributed by atoms with Crippen LogP contribution in [0.15, 0.2) is 54.7 Å². The van der Waals surface area contributed by atoms with Gasteiger partial charge in [0.1, 0.15) is 11.5 Å². The molecule has 1 aliphatic heterocycles. The second kappa shape index (κ2) is 9.04. The van der Waals surface area contributed by atoms with E-state index in [4.69, 9.17) is 10.7 Å². The molecule has 0 amide bonds. The summed E-state index contributed by atoms with van der Waals surface area (Å²) in [6, 6.07) is 17.2. The van der Waals surface area contributed by atoms with Crippen molar-refractivity contribution >= 4 is 11.8 Å². The molecule has 0 saturated carbocycles. The van der Waals surface area contributed by atoms with Gasteiger partial charge in [0.25, 0.3) is 0 Å².